The third kappa shape index (κ3) is 4.00. The minimum atomic E-state index is -0.124. The van der Waals surface area contributed by atoms with Gasteiger partial charge >= 0.3 is 0 Å². The average molecular weight is 234 g/mol. The van der Waals surface area contributed by atoms with Crippen LogP contribution in [-0.2, 0) is 4.79 Å². The first-order chi connectivity index (χ1) is 8.04. The van der Waals surface area contributed by atoms with Crippen molar-refractivity contribution in [1.82, 2.24) is 0 Å². The Morgan fingerprint density at radius 3 is 2.71 bits per heavy atom. The number of amides is 1. The standard InChI is InChI=1S/C13H18N2O2/c1-9(6-7-14)13(17)15-12-5-3-4-11(8-12)10(2)16/h3-5,8-9H,6-7,14H2,1-2H3,(H,15,17). The largest absolute Gasteiger partial charge is 0.330 e. The van der Waals surface area contributed by atoms with Gasteiger partial charge in [-0.15, -0.1) is 0 Å². The van der Waals surface area contributed by atoms with Crippen LogP contribution < -0.4 is 11.1 Å². The first-order valence-corrected chi connectivity index (χ1v) is 5.66. The van der Waals surface area contributed by atoms with E-state index in [1.165, 1.54) is 6.92 Å². The van der Waals surface area contributed by atoms with Crippen LogP contribution in [0.3, 0.4) is 0 Å². The van der Waals surface area contributed by atoms with Crippen LogP contribution in [0.5, 0.6) is 0 Å². The van der Waals surface area contributed by atoms with Gasteiger partial charge in [0.05, 0.1) is 0 Å². The Balaban J connectivity index is 2.71. The summed E-state index contributed by atoms with van der Waals surface area (Å²) >= 11 is 0. The SMILES string of the molecule is CC(=O)c1cccc(NC(=O)C(C)CCN)c1. The van der Waals surface area contributed by atoms with Crippen molar-refractivity contribution in [3.63, 3.8) is 0 Å². The molecule has 92 valence electrons. The van der Waals surface area contributed by atoms with Crippen molar-refractivity contribution < 1.29 is 9.59 Å². The van der Waals surface area contributed by atoms with Crippen molar-refractivity contribution in [3.05, 3.63) is 29.8 Å². The second-order valence-corrected chi connectivity index (χ2v) is 4.10. The quantitative estimate of drug-likeness (QED) is 0.763. The third-order valence-corrected chi connectivity index (χ3v) is 2.58. The normalized spacial score (nSPS) is 11.9. The lowest BCUT2D eigenvalue weighted by atomic mass is 10.1. The monoisotopic (exact) mass is 234 g/mol. The number of nitrogens with one attached hydrogen (secondary N) is 1. The molecular weight excluding hydrogens is 216 g/mol. The van der Waals surface area contributed by atoms with Crippen LogP contribution in [0.4, 0.5) is 5.69 Å². The van der Waals surface area contributed by atoms with Crippen molar-refractivity contribution >= 4 is 17.4 Å². The van der Waals surface area contributed by atoms with Gasteiger partial charge in [0.1, 0.15) is 0 Å². The van der Waals surface area contributed by atoms with Crippen molar-refractivity contribution in [1.29, 1.82) is 0 Å². The molecular formula is C13H18N2O2. The lowest BCUT2D eigenvalue weighted by molar-refractivity contribution is -0.119. The van der Waals surface area contributed by atoms with Gasteiger partial charge in [-0.1, -0.05) is 19.1 Å². The van der Waals surface area contributed by atoms with E-state index in [2.05, 4.69) is 5.32 Å². The fourth-order valence-corrected chi connectivity index (χ4v) is 1.46. The maximum atomic E-state index is 11.7. The Labute approximate surface area is 101 Å². The van der Waals surface area contributed by atoms with Crippen molar-refractivity contribution in [2.75, 3.05) is 11.9 Å². The summed E-state index contributed by atoms with van der Waals surface area (Å²) in [6.07, 6.45) is 0.651. The molecule has 0 radical (unpaired) electrons. The van der Waals surface area contributed by atoms with Crippen LogP contribution in [0, 0.1) is 5.92 Å². The molecule has 4 nitrogen and oxygen atoms in total. The molecule has 0 bridgehead atoms. The van der Waals surface area contributed by atoms with Crippen LogP contribution in [0.15, 0.2) is 24.3 Å². The minimum absolute atomic E-state index is 0.0175. The molecule has 0 fully saturated rings. The Morgan fingerprint density at radius 1 is 1.41 bits per heavy atom. The summed E-state index contributed by atoms with van der Waals surface area (Å²) in [7, 11) is 0. The number of nitrogens with two attached hydrogens (primary N) is 1. The molecule has 3 N–H and O–H groups in total. The Hall–Kier alpha value is -1.68. The average Bonchev–Trinajstić information content (AvgIpc) is 2.29. The van der Waals surface area contributed by atoms with Gasteiger partial charge in [0.25, 0.3) is 0 Å². The molecule has 0 saturated heterocycles. The molecule has 17 heavy (non-hydrogen) atoms. The van der Waals surface area contributed by atoms with E-state index in [1.807, 2.05) is 6.92 Å². The van der Waals surface area contributed by atoms with E-state index in [-0.39, 0.29) is 17.6 Å². The minimum Gasteiger partial charge on any atom is -0.330 e. The smallest absolute Gasteiger partial charge is 0.227 e. The van der Waals surface area contributed by atoms with E-state index >= 15 is 0 Å². The molecule has 1 aromatic carbocycles. The molecule has 1 aromatic rings. The van der Waals surface area contributed by atoms with Gasteiger partial charge in [0.2, 0.25) is 5.91 Å². The van der Waals surface area contributed by atoms with Crippen molar-refractivity contribution in [3.8, 4) is 0 Å². The topological polar surface area (TPSA) is 72.2 Å². The Bertz CT molecular complexity index is 416. The fourth-order valence-electron chi connectivity index (χ4n) is 1.46. The zero-order valence-electron chi connectivity index (χ0n) is 10.2. The summed E-state index contributed by atoms with van der Waals surface area (Å²) in [4.78, 5) is 22.9. The van der Waals surface area contributed by atoms with Gasteiger partial charge in [-0.2, -0.15) is 0 Å². The maximum Gasteiger partial charge on any atom is 0.227 e. The molecule has 1 atom stereocenters. The second kappa shape index (κ2) is 6.15. The highest BCUT2D eigenvalue weighted by Gasteiger charge is 2.12. The van der Waals surface area contributed by atoms with E-state index in [1.54, 1.807) is 24.3 Å². The molecule has 0 aliphatic carbocycles. The number of hydrogen-bond donors (Lipinski definition) is 2. The number of rotatable bonds is 5. The lowest BCUT2D eigenvalue weighted by Crippen LogP contribution is -2.22. The number of carbonyl (C=O) groups excluding carboxylic acids is 2. The lowest BCUT2D eigenvalue weighted by Gasteiger charge is -2.11. The van der Waals surface area contributed by atoms with Gasteiger partial charge in [-0.25, -0.2) is 0 Å². The van der Waals surface area contributed by atoms with Gasteiger partial charge in [0.15, 0.2) is 5.78 Å². The predicted octanol–water partition coefficient (Wildman–Crippen LogP) is 1.81. The summed E-state index contributed by atoms with van der Waals surface area (Å²) in [6.45, 7) is 3.82. The zero-order valence-corrected chi connectivity index (χ0v) is 10.2. The van der Waals surface area contributed by atoms with Crippen LogP contribution in [0.1, 0.15) is 30.6 Å². The number of anilines is 1. The summed E-state index contributed by atoms with van der Waals surface area (Å²) in [5.41, 5.74) is 6.64. The predicted molar refractivity (Wildman–Crippen MR) is 67.9 cm³/mol. The molecule has 1 amide bonds. The molecule has 0 saturated carbocycles. The molecule has 0 spiro atoms. The molecule has 4 heteroatoms. The van der Waals surface area contributed by atoms with E-state index in [0.29, 0.717) is 24.2 Å². The highest BCUT2D eigenvalue weighted by atomic mass is 16.2. The number of benzene rings is 1. The molecule has 0 aliphatic rings. The van der Waals surface area contributed by atoms with Crippen LogP contribution in [-0.4, -0.2) is 18.2 Å². The highest BCUT2D eigenvalue weighted by Crippen LogP contribution is 2.13. The zero-order chi connectivity index (χ0) is 12.8. The van der Waals surface area contributed by atoms with Crippen LogP contribution in [0.25, 0.3) is 0 Å². The molecule has 1 rings (SSSR count). The summed E-state index contributed by atoms with van der Waals surface area (Å²) in [5, 5.41) is 2.78. The molecule has 0 aromatic heterocycles. The first kappa shape index (κ1) is 13.4. The van der Waals surface area contributed by atoms with Gasteiger partial charge < -0.3 is 11.1 Å². The Morgan fingerprint density at radius 2 is 2.12 bits per heavy atom. The highest BCUT2D eigenvalue weighted by molar-refractivity contribution is 5.97. The van der Waals surface area contributed by atoms with E-state index in [4.69, 9.17) is 5.73 Å². The second-order valence-electron chi connectivity index (χ2n) is 4.10. The molecule has 0 heterocycles. The summed E-state index contributed by atoms with van der Waals surface area (Å²) in [6, 6.07) is 6.91. The Kier molecular flexibility index (Phi) is 4.84. The van der Waals surface area contributed by atoms with Crippen molar-refractivity contribution in [2.45, 2.75) is 20.3 Å². The summed E-state index contributed by atoms with van der Waals surface area (Å²) in [5.74, 6) is -0.215. The summed E-state index contributed by atoms with van der Waals surface area (Å²) < 4.78 is 0. The van der Waals surface area contributed by atoms with Gasteiger partial charge in [-0.05, 0) is 32.0 Å². The molecule has 0 aliphatic heterocycles. The maximum absolute atomic E-state index is 11.7. The van der Waals surface area contributed by atoms with Crippen LogP contribution in [0.2, 0.25) is 0 Å². The van der Waals surface area contributed by atoms with E-state index in [9.17, 15) is 9.59 Å². The molecule has 1 unspecified atom stereocenters. The van der Waals surface area contributed by atoms with E-state index in [0.717, 1.165) is 0 Å². The van der Waals surface area contributed by atoms with Gasteiger partial charge in [0, 0.05) is 17.2 Å². The number of ketones is 1. The first-order valence-electron chi connectivity index (χ1n) is 5.66. The number of hydrogen-bond acceptors (Lipinski definition) is 3. The number of carbonyl (C=O) groups is 2. The number of Topliss-reactive ketones (excluding diaryl/α,β-unsaturated/α-hetero) is 1. The van der Waals surface area contributed by atoms with Crippen molar-refractivity contribution in [2.24, 2.45) is 11.7 Å². The third-order valence-electron chi connectivity index (χ3n) is 2.58. The van der Waals surface area contributed by atoms with Gasteiger partial charge in [-0.3, -0.25) is 9.59 Å². The van der Waals surface area contributed by atoms with Crippen LogP contribution >= 0.6 is 0 Å². The van der Waals surface area contributed by atoms with E-state index < -0.39 is 0 Å². The fraction of sp³-hybridized carbons (Fsp3) is 0.385.